The highest BCUT2D eigenvalue weighted by Crippen LogP contribution is 2.25. The maximum absolute atomic E-state index is 12.7. The summed E-state index contributed by atoms with van der Waals surface area (Å²) in [6.45, 7) is 7.18. The van der Waals surface area contributed by atoms with E-state index in [2.05, 4.69) is 26.3 Å². The van der Waals surface area contributed by atoms with E-state index < -0.39 is 0 Å². The molecule has 3 aromatic rings. The van der Waals surface area contributed by atoms with Crippen LogP contribution in [-0.2, 0) is 13.2 Å². The summed E-state index contributed by atoms with van der Waals surface area (Å²) < 4.78 is 8.63. The summed E-state index contributed by atoms with van der Waals surface area (Å²) >= 11 is 3.47. The van der Waals surface area contributed by atoms with Crippen LogP contribution in [0.4, 0.5) is 0 Å². The Morgan fingerprint density at radius 2 is 2.04 bits per heavy atom. The van der Waals surface area contributed by atoms with E-state index in [1.54, 1.807) is 0 Å². The molecule has 0 bridgehead atoms. The monoisotopic (exact) mass is 441 g/mol. The third-order valence-electron chi connectivity index (χ3n) is 4.54. The van der Waals surface area contributed by atoms with Gasteiger partial charge in [-0.3, -0.25) is 9.48 Å². The SMILES string of the molecule is CCn1cc(C(C)NC(=O)c2cccc(COc3ccccc3Br)c2)c(C)n1. The summed E-state index contributed by atoms with van der Waals surface area (Å²) in [6.07, 6.45) is 1.99. The highest BCUT2D eigenvalue weighted by atomic mass is 79.9. The third kappa shape index (κ3) is 4.81. The predicted molar refractivity (Wildman–Crippen MR) is 113 cm³/mol. The van der Waals surface area contributed by atoms with Gasteiger partial charge >= 0.3 is 0 Å². The van der Waals surface area contributed by atoms with Crippen LogP contribution in [0.1, 0.15) is 47.1 Å². The van der Waals surface area contributed by atoms with Crippen LogP contribution >= 0.6 is 15.9 Å². The molecule has 146 valence electrons. The van der Waals surface area contributed by atoms with Crippen LogP contribution in [0.2, 0.25) is 0 Å². The van der Waals surface area contributed by atoms with Crippen molar-refractivity contribution in [2.75, 3.05) is 0 Å². The number of carbonyl (C=O) groups excluding carboxylic acids is 1. The minimum absolute atomic E-state index is 0.112. The van der Waals surface area contributed by atoms with Crippen molar-refractivity contribution in [2.24, 2.45) is 0 Å². The number of hydrogen-bond donors (Lipinski definition) is 1. The number of halogens is 1. The van der Waals surface area contributed by atoms with E-state index in [0.717, 1.165) is 33.6 Å². The molecular formula is C22H24BrN3O2. The molecule has 0 aliphatic rings. The molecule has 1 aromatic heterocycles. The molecule has 0 fully saturated rings. The van der Waals surface area contributed by atoms with Crippen LogP contribution in [0, 0.1) is 6.92 Å². The summed E-state index contributed by atoms with van der Waals surface area (Å²) in [5.41, 5.74) is 3.51. The van der Waals surface area contributed by atoms with Crippen LogP contribution in [0.3, 0.4) is 0 Å². The number of carbonyl (C=O) groups is 1. The number of benzene rings is 2. The van der Waals surface area contributed by atoms with Gasteiger partial charge in [-0.25, -0.2) is 0 Å². The predicted octanol–water partition coefficient (Wildman–Crippen LogP) is 5.04. The van der Waals surface area contributed by atoms with Gasteiger partial charge in [0.25, 0.3) is 5.91 Å². The lowest BCUT2D eigenvalue weighted by atomic mass is 10.1. The zero-order valence-corrected chi connectivity index (χ0v) is 17.9. The molecule has 2 aromatic carbocycles. The minimum atomic E-state index is -0.118. The van der Waals surface area contributed by atoms with Gasteiger partial charge in [-0.2, -0.15) is 5.10 Å². The van der Waals surface area contributed by atoms with Crippen molar-refractivity contribution in [1.82, 2.24) is 15.1 Å². The zero-order valence-electron chi connectivity index (χ0n) is 16.3. The molecule has 6 heteroatoms. The van der Waals surface area contributed by atoms with Crippen LogP contribution < -0.4 is 10.1 Å². The maximum atomic E-state index is 12.7. The van der Waals surface area contributed by atoms with E-state index in [1.807, 2.05) is 80.2 Å². The lowest BCUT2D eigenvalue weighted by molar-refractivity contribution is 0.0939. The molecule has 0 aliphatic heterocycles. The number of para-hydroxylation sites is 1. The van der Waals surface area contributed by atoms with Crippen molar-refractivity contribution in [3.63, 3.8) is 0 Å². The fourth-order valence-electron chi connectivity index (χ4n) is 3.00. The molecule has 1 atom stereocenters. The molecule has 0 saturated heterocycles. The Morgan fingerprint density at radius 3 is 2.75 bits per heavy atom. The quantitative estimate of drug-likeness (QED) is 0.558. The molecule has 3 rings (SSSR count). The molecule has 5 nitrogen and oxygen atoms in total. The topological polar surface area (TPSA) is 56.2 Å². The average molecular weight is 442 g/mol. The number of aryl methyl sites for hydroxylation is 2. The molecule has 1 N–H and O–H groups in total. The first-order valence-electron chi connectivity index (χ1n) is 9.29. The Labute approximate surface area is 173 Å². The molecule has 1 unspecified atom stereocenters. The molecule has 0 aliphatic carbocycles. The number of nitrogens with zero attached hydrogens (tertiary/aromatic N) is 2. The third-order valence-corrected chi connectivity index (χ3v) is 5.20. The highest BCUT2D eigenvalue weighted by molar-refractivity contribution is 9.10. The first-order chi connectivity index (χ1) is 13.5. The first kappa shape index (κ1) is 20.1. The summed E-state index contributed by atoms with van der Waals surface area (Å²) in [5, 5.41) is 7.51. The van der Waals surface area contributed by atoms with E-state index in [1.165, 1.54) is 0 Å². The molecule has 0 spiro atoms. The second-order valence-electron chi connectivity index (χ2n) is 6.64. The summed E-state index contributed by atoms with van der Waals surface area (Å²) in [5.74, 6) is 0.660. The average Bonchev–Trinajstić information content (AvgIpc) is 3.08. The number of nitrogens with one attached hydrogen (secondary N) is 1. The van der Waals surface area contributed by atoms with Gasteiger partial charge in [-0.05, 0) is 66.5 Å². The maximum Gasteiger partial charge on any atom is 0.251 e. The largest absolute Gasteiger partial charge is 0.488 e. The van der Waals surface area contributed by atoms with E-state index in [-0.39, 0.29) is 11.9 Å². The van der Waals surface area contributed by atoms with Gasteiger partial charge < -0.3 is 10.1 Å². The zero-order chi connectivity index (χ0) is 20.1. The van der Waals surface area contributed by atoms with Crippen molar-refractivity contribution in [2.45, 2.75) is 40.0 Å². The Bertz CT molecular complexity index is 968. The van der Waals surface area contributed by atoms with Gasteiger partial charge in [-0.1, -0.05) is 24.3 Å². The Kier molecular flexibility index (Phi) is 6.52. The van der Waals surface area contributed by atoms with E-state index in [4.69, 9.17) is 4.74 Å². The van der Waals surface area contributed by atoms with E-state index in [0.29, 0.717) is 12.2 Å². The molecule has 0 saturated carbocycles. The van der Waals surface area contributed by atoms with Crippen molar-refractivity contribution in [3.05, 3.63) is 81.6 Å². The van der Waals surface area contributed by atoms with Gasteiger partial charge in [0, 0.05) is 23.9 Å². The van der Waals surface area contributed by atoms with Crippen molar-refractivity contribution >= 4 is 21.8 Å². The Hall–Kier alpha value is -2.60. The van der Waals surface area contributed by atoms with Gasteiger partial charge in [0.2, 0.25) is 0 Å². The molecule has 0 radical (unpaired) electrons. The number of ether oxygens (including phenoxy) is 1. The van der Waals surface area contributed by atoms with Crippen molar-refractivity contribution in [3.8, 4) is 5.75 Å². The fourth-order valence-corrected chi connectivity index (χ4v) is 3.40. The summed E-state index contributed by atoms with van der Waals surface area (Å²) in [7, 11) is 0. The molecular weight excluding hydrogens is 418 g/mol. The standard InChI is InChI=1S/C22H24BrN3O2/c1-4-26-13-19(16(3)25-26)15(2)24-22(27)18-9-7-8-17(12-18)14-28-21-11-6-5-10-20(21)23/h5-13,15H,4,14H2,1-3H3,(H,24,27). The summed E-state index contributed by atoms with van der Waals surface area (Å²) in [4.78, 5) is 12.7. The van der Waals surface area contributed by atoms with E-state index >= 15 is 0 Å². The normalized spacial score (nSPS) is 11.9. The van der Waals surface area contributed by atoms with E-state index in [9.17, 15) is 4.79 Å². The lowest BCUT2D eigenvalue weighted by Gasteiger charge is -2.14. The van der Waals surface area contributed by atoms with Crippen LogP contribution in [0.15, 0.2) is 59.2 Å². The highest BCUT2D eigenvalue weighted by Gasteiger charge is 2.16. The molecule has 1 amide bonds. The van der Waals surface area contributed by atoms with Gasteiger partial charge in [-0.15, -0.1) is 0 Å². The Balaban J connectivity index is 1.66. The van der Waals surface area contributed by atoms with Gasteiger partial charge in [0.15, 0.2) is 0 Å². The Morgan fingerprint density at radius 1 is 1.25 bits per heavy atom. The second-order valence-corrected chi connectivity index (χ2v) is 7.49. The van der Waals surface area contributed by atoms with Crippen LogP contribution in [0.25, 0.3) is 0 Å². The lowest BCUT2D eigenvalue weighted by Crippen LogP contribution is -2.27. The number of rotatable bonds is 7. The van der Waals surface area contributed by atoms with Gasteiger partial charge in [0.1, 0.15) is 12.4 Å². The second kappa shape index (κ2) is 9.06. The van der Waals surface area contributed by atoms with Crippen LogP contribution in [0.5, 0.6) is 5.75 Å². The van der Waals surface area contributed by atoms with Crippen molar-refractivity contribution in [1.29, 1.82) is 0 Å². The number of hydrogen-bond acceptors (Lipinski definition) is 3. The van der Waals surface area contributed by atoms with Gasteiger partial charge in [0.05, 0.1) is 16.2 Å². The van der Waals surface area contributed by atoms with Crippen LogP contribution in [-0.4, -0.2) is 15.7 Å². The fraction of sp³-hybridized carbons (Fsp3) is 0.273. The summed E-state index contributed by atoms with van der Waals surface area (Å²) in [6, 6.07) is 15.1. The first-order valence-corrected chi connectivity index (χ1v) is 10.1. The molecule has 28 heavy (non-hydrogen) atoms. The number of amides is 1. The minimum Gasteiger partial charge on any atom is -0.488 e. The smallest absolute Gasteiger partial charge is 0.251 e. The molecule has 1 heterocycles. The number of aromatic nitrogens is 2. The van der Waals surface area contributed by atoms with Crippen molar-refractivity contribution < 1.29 is 9.53 Å².